The first-order valence-electron chi connectivity index (χ1n) is 3.80. The van der Waals surface area contributed by atoms with Crippen molar-refractivity contribution in [1.29, 1.82) is 0 Å². The maximum absolute atomic E-state index is 5.79. The zero-order chi connectivity index (χ0) is 7.84. The summed E-state index contributed by atoms with van der Waals surface area (Å²) in [5.74, 6) is 0.764. The summed E-state index contributed by atoms with van der Waals surface area (Å²) in [4.78, 5) is 4.22. The molecule has 1 aromatic rings. The van der Waals surface area contributed by atoms with Crippen molar-refractivity contribution >= 4 is 5.82 Å². The lowest BCUT2D eigenvalue weighted by Crippen LogP contribution is -2.01. The minimum absolute atomic E-state index is 0.680. The fourth-order valence-corrected chi connectivity index (χ4v) is 1.31. The summed E-state index contributed by atoms with van der Waals surface area (Å²) < 4.78 is 7.15. The van der Waals surface area contributed by atoms with Crippen LogP contribution in [0.3, 0.4) is 0 Å². The van der Waals surface area contributed by atoms with Crippen molar-refractivity contribution < 1.29 is 4.74 Å². The lowest BCUT2D eigenvalue weighted by atomic mass is 10.3. The van der Waals surface area contributed by atoms with Gasteiger partial charge in [0, 0.05) is 0 Å². The van der Waals surface area contributed by atoms with Crippen LogP contribution in [-0.4, -0.2) is 16.2 Å². The van der Waals surface area contributed by atoms with Gasteiger partial charge in [0.1, 0.15) is 12.4 Å². The van der Waals surface area contributed by atoms with Gasteiger partial charge in [-0.3, -0.25) is 4.57 Å². The van der Waals surface area contributed by atoms with E-state index in [1.807, 2.05) is 11.5 Å². The van der Waals surface area contributed by atoms with Gasteiger partial charge in [0.15, 0.2) is 0 Å². The maximum atomic E-state index is 5.79. The molecule has 2 N–H and O–H groups in total. The third kappa shape index (κ3) is 0.785. The van der Waals surface area contributed by atoms with Crippen LogP contribution >= 0.6 is 0 Å². The average Bonchev–Trinajstić information content (AvgIpc) is 2.53. The van der Waals surface area contributed by atoms with Crippen LogP contribution in [0.2, 0.25) is 0 Å². The number of ether oxygens (including phenoxy) is 1. The van der Waals surface area contributed by atoms with E-state index in [0.29, 0.717) is 12.6 Å². The zero-order valence-electron chi connectivity index (χ0n) is 6.50. The minimum Gasteiger partial charge on any atom is -0.463 e. The number of imidazole rings is 1. The van der Waals surface area contributed by atoms with Crippen LogP contribution in [0.25, 0.3) is 0 Å². The molecule has 1 aliphatic heterocycles. The van der Waals surface area contributed by atoms with Crippen LogP contribution in [0.4, 0.5) is 5.82 Å². The summed E-state index contributed by atoms with van der Waals surface area (Å²) in [6, 6.07) is 0.680. The highest BCUT2D eigenvalue weighted by Gasteiger charge is 2.18. The van der Waals surface area contributed by atoms with Crippen LogP contribution in [0, 0.1) is 0 Å². The first kappa shape index (κ1) is 6.52. The van der Waals surface area contributed by atoms with Crippen LogP contribution in [-0.2, 0) is 13.0 Å². The molecule has 4 nitrogen and oxygen atoms in total. The summed E-state index contributed by atoms with van der Waals surface area (Å²) in [6.07, 6.45) is 0.870. The van der Waals surface area contributed by atoms with E-state index in [2.05, 4.69) is 4.98 Å². The standard InChI is InChI=1S/C7H11N3O/c1-2-5-6(8)10-3-4-11-7(10)9-5/h2-4,8H2,1H3. The Hall–Kier alpha value is -1.19. The topological polar surface area (TPSA) is 53.1 Å². The molecule has 60 valence electrons. The van der Waals surface area contributed by atoms with Gasteiger partial charge in [-0.2, -0.15) is 4.98 Å². The highest BCUT2D eigenvalue weighted by Crippen LogP contribution is 2.24. The van der Waals surface area contributed by atoms with E-state index in [1.54, 1.807) is 0 Å². The number of aryl methyl sites for hydroxylation is 1. The summed E-state index contributed by atoms with van der Waals surface area (Å²) in [5.41, 5.74) is 6.73. The van der Waals surface area contributed by atoms with Gasteiger partial charge >= 0.3 is 0 Å². The van der Waals surface area contributed by atoms with Crippen LogP contribution in [0.1, 0.15) is 12.6 Å². The Labute approximate surface area is 65.0 Å². The normalized spacial score (nSPS) is 14.6. The molecule has 1 aliphatic rings. The van der Waals surface area contributed by atoms with E-state index in [1.165, 1.54) is 0 Å². The van der Waals surface area contributed by atoms with E-state index in [9.17, 15) is 0 Å². The smallest absolute Gasteiger partial charge is 0.298 e. The predicted octanol–water partition coefficient (Wildman–Crippen LogP) is 0.420. The lowest BCUT2D eigenvalue weighted by molar-refractivity contribution is 0.344. The first-order valence-corrected chi connectivity index (χ1v) is 3.80. The molecular weight excluding hydrogens is 142 g/mol. The van der Waals surface area contributed by atoms with Gasteiger partial charge in [-0.15, -0.1) is 0 Å². The average molecular weight is 153 g/mol. The van der Waals surface area contributed by atoms with Crippen molar-refractivity contribution in [2.24, 2.45) is 0 Å². The second kappa shape index (κ2) is 2.15. The second-order valence-electron chi connectivity index (χ2n) is 2.58. The molecule has 0 saturated heterocycles. The minimum atomic E-state index is 0.680. The van der Waals surface area contributed by atoms with Crippen molar-refractivity contribution in [2.45, 2.75) is 19.9 Å². The number of nitrogen functional groups attached to an aromatic ring is 1. The molecule has 4 heteroatoms. The van der Waals surface area contributed by atoms with E-state index in [4.69, 9.17) is 10.5 Å². The number of rotatable bonds is 1. The summed E-state index contributed by atoms with van der Waals surface area (Å²) in [6.45, 7) is 3.58. The van der Waals surface area contributed by atoms with Crippen molar-refractivity contribution in [3.8, 4) is 6.01 Å². The van der Waals surface area contributed by atoms with Gasteiger partial charge in [0.05, 0.1) is 12.2 Å². The van der Waals surface area contributed by atoms with E-state index in [-0.39, 0.29) is 0 Å². The van der Waals surface area contributed by atoms with Gasteiger partial charge in [0.2, 0.25) is 0 Å². The third-order valence-electron chi connectivity index (χ3n) is 1.93. The molecule has 0 spiro atoms. The molecule has 0 amide bonds. The molecular formula is C7H11N3O. The Morgan fingerprint density at radius 3 is 3.18 bits per heavy atom. The zero-order valence-corrected chi connectivity index (χ0v) is 6.50. The highest BCUT2D eigenvalue weighted by atomic mass is 16.5. The molecule has 0 bridgehead atoms. The SMILES string of the molecule is CCc1nc2n(c1N)CCO2. The van der Waals surface area contributed by atoms with E-state index in [0.717, 1.165) is 24.5 Å². The summed E-state index contributed by atoms with van der Waals surface area (Å²) >= 11 is 0. The van der Waals surface area contributed by atoms with E-state index >= 15 is 0 Å². The number of hydrogen-bond donors (Lipinski definition) is 1. The Morgan fingerprint density at radius 2 is 2.55 bits per heavy atom. The molecule has 0 radical (unpaired) electrons. The number of nitrogens with zero attached hydrogens (tertiary/aromatic N) is 2. The summed E-state index contributed by atoms with van der Waals surface area (Å²) in [7, 11) is 0. The van der Waals surface area contributed by atoms with Crippen molar-refractivity contribution in [1.82, 2.24) is 9.55 Å². The van der Waals surface area contributed by atoms with Crippen molar-refractivity contribution in [2.75, 3.05) is 12.3 Å². The monoisotopic (exact) mass is 153 g/mol. The number of aromatic nitrogens is 2. The van der Waals surface area contributed by atoms with E-state index < -0.39 is 0 Å². The maximum Gasteiger partial charge on any atom is 0.298 e. The van der Waals surface area contributed by atoms with Crippen LogP contribution in [0.5, 0.6) is 6.01 Å². The van der Waals surface area contributed by atoms with Gasteiger partial charge in [-0.25, -0.2) is 0 Å². The Bertz CT molecular complexity index is 279. The largest absolute Gasteiger partial charge is 0.463 e. The fraction of sp³-hybridized carbons (Fsp3) is 0.571. The highest BCUT2D eigenvalue weighted by molar-refractivity contribution is 5.40. The quantitative estimate of drug-likeness (QED) is 0.636. The third-order valence-corrected chi connectivity index (χ3v) is 1.93. The number of nitrogens with two attached hydrogens (primary N) is 1. The van der Waals surface area contributed by atoms with Gasteiger partial charge in [0.25, 0.3) is 6.01 Å². The molecule has 2 rings (SSSR count). The Morgan fingerprint density at radius 1 is 1.73 bits per heavy atom. The predicted molar refractivity (Wildman–Crippen MR) is 41.5 cm³/mol. The van der Waals surface area contributed by atoms with Gasteiger partial charge in [-0.1, -0.05) is 6.92 Å². The molecule has 0 aromatic carbocycles. The number of hydrogen-bond acceptors (Lipinski definition) is 3. The molecule has 0 aliphatic carbocycles. The van der Waals surface area contributed by atoms with Gasteiger partial charge < -0.3 is 10.5 Å². The molecule has 0 saturated carbocycles. The Kier molecular flexibility index (Phi) is 1.27. The molecule has 0 unspecified atom stereocenters. The fourth-order valence-electron chi connectivity index (χ4n) is 1.31. The molecule has 0 atom stereocenters. The lowest BCUT2D eigenvalue weighted by Gasteiger charge is -1.95. The van der Waals surface area contributed by atoms with Crippen LogP contribution < -0.4 is 10.5 Å². The molecule has 1 aromatic heterocycles. The second-order valence-corrected chi connectivity index (χ2v) is 2.58. The molecule has 11 heavy (non-hydrogen) atoms. The number of anilines is 1. The Balaban J connectivity index is 2.49. The molecule has 2 heterocycles. The van der Waals surface area contributed by atoms with Crippen molar-refractivity contribution in [3.05, 3.63) is 5.69 Å². The summed E-state index contributed by atoms with van der Waals surface area (Å²) in [5, 5.41) is 0. The molecule has 0 fully saturated rings. The number of fused-ring (bicyclic) bond motifs is 1. The van der Waals surface area contributed by atoms with Crippen LogP contribution in [0.15, 0.2) is 0 Å². The first-order chi connectivity index (χ1) is 5.33. The van der Waals surface area contributed by atoms with Crippen molar-refractivity contribution in [3.63, 3.8) is 0 Å². The van der Waals surface area contributed by atoms with Gasteiger partial charge in [-0.05, 0) is 6.42 Å².